The number of benzene rings is 1. The first kappa shape index (κ1) is 20.5. The van der Waals surface area contributed by atoms with Gasteiger partial charge in [0.25, 0.3) is 0 Å². The van der Waals surface area contributed by atoms with Crippen molar-refractivity contribution in [2.75, 3.05) is 26.7 Å². The molecule has 5 heteroatoms. The summed E-state index contributed by atoms with van der Waals surface area (Å²) in [6.07, 6.45) is 4.57. The summed E-state index contributed by atoms with van der Waals surface area (Å²) in [6.45, 7) is 7.06. The van der Waals surface area contributed by atoms with Crippen LogP contribution in [0.25, 0.3) is 0 Å². The second kappa shape index (κ2) is 9.78. The lowest BCUT2D eigenvalue weighted by Crippen LogP contribution is -2.42. The highest BCUT2D eigenvalue weighted by molar-refractivity contribution is 5.76. The van der Waals surface area contributed by atoms with E-state index < -0.39 is 0 Å². The minimum atomic E-state index is 0.0743. The highest BCUT2D eigenvalue weighted by Crippen LogP contribution is 2.27. The van der Waals surface area contributed by atoms with E-state index in [0.717, 1.165) is 36.1 Å². The fourth-order valence-electron chi connectivity index (χ4n) is 3.84. The molecule has 0 saturated carbocycles. The number of carbonyl (C=O) groups is 1. The zero-order valence-corrected chi connectivity index (χ0v) is 17.2. The number of carbonyl (C=O) groups excluding carboxylic acids is 1. The van der Waals surface area contributed by atoms with Crippen LogP contribution in [0.15, 0.2) is 47.1 Å². The lowest BCUT2D eigenvalue weighted by atomic mass is 9.96. The molecule has 1 amide bonds. The predicted octanol–water partition coefficient (Wildman–Crippen LogP) is 4.37. The molecule has 2 atom stereocenters. The number of amides is 1. The number of furan rings is 1. The minimum Gasteiger partial charge on any atom is -0.497 e. The summed E-state index contributed by atoms with van der Waals surface area (Å²) in [4.78, 5) is 15.0. The van der Waals surface area contributed by atoms with Crippen molar-refractivity contribution in [1.29, 1.82) is 0 Å². The molecule has 0 spiro atoms. The van der Waals surface area contributed by atoms with Crippen LogP contribution in [0.2, 0.25) is 0 Å². The molecule has 3 rings (SSSR count). The Labute approximate surface area is 168 Å². The Hall–Kier alpha value is -2.27. The van der Waals surface area contributed by atoms with Crippen LogP contribution in [0.5, 0.6) is 5.75 Å². The number of piperidine rings is 1. The van der Waals surface area contributed by atoms with Gasteiger partial charge in [0.1, 0.15) is 11.5 Å². The summed E-state index contributed by atoms with van der Waals surface area (Å²) in [6, 6.07) is 12.0. The van der Waals surface area contributed by atoms with Crippen LogP contribution < -0.4 is 10.1 Å². The zero-order valence-electron chi connectivity index (χ0n) is 17.2. The Kier molecular flexibility index (Phi) is 7.15. The van der Waals surface area contributed by atoms with Crippen LogP contribution in [-0.2, 0) is 4.79 Å². The van der Waals surface area contributed by atoms with Crippen LogP contribution in [0.4, 0.5) is 0 Å². The molecule has 1 N–H and O–H groups in total. The van der Waals surface area contributed by atoms with Gasteiger partial charge in [0.2, 0.25) is 5.91 Å². The average Bonchev–Trinajstić information content (AvgIpc) is 3.24. The number of methoxy groups -OCH3 is 1. The molecule has 28 heavy (non-hydrogen) atoms. The first-order valence-corrected chi connectivity index (χ1v) is 10.2. The lowest BCUT2D eigenvalue weighted by molar-refractivity contribution is -0.121. The summed E-state index contributed by atoms with van der Waals surface area (Å²) in [5.41, 5.74) is 1.14. The van der Waals surface area contributed by atoms with Crippen LogP contribution in [0.3, 0.4) is 0 Å². The summed E-state index contributed by atoms with van der Waals surface area (Å²) < 4.78 is 10.9. The normalized spacial score (nSPS) is 17.8. The molecule has 5 nitrogen and oxygen atoms in total. The van der Waals surface area contributed by atoms with Crippen molar-refractivity contribution in [2.24, 2.45) is 5.92 Å². The number of ether oxygens (including phenoxy) is 1. The zero-order chi connectivity index (χ0) is 19.9. The smallest absolute Gasteiger partial charge is 0.220 e. The van der Waals surface area contributed by atoms with E-state index in [4.69, 9.17) is 9.15 Å². The first-order chi connectivity index (χ1) is 13.6. The molecular weight excluding hydrogens is 352 g/mol. The Balaban J connectivity index is 1.55. The molecule has 0 aliphatic carbocycles. The highest BCUT2D eigenvalue weighted by Gasteiger charge is 2.27. The van der Waals surface area contributed by atoms with Gasteiger partial charge in [0.05, 0.1) is 19.4 Å². The third-order valence-electron chi connectivity index (χ3n) is 5.80. The number of rotatable bonds is 8. The first-order valence-electron chi connectivity index (χ1n) is 10.2. The van der Waals surface area contributed by atoms with E-state index in [1.54, 1.807) is 13.4 Å². The molecule has 152 valence electrons. The van der Waals surface area contributed by atoms with Crippen molar-refractivity contribution in [3.05, 3.63) is 54.0 Å². The molecule has 0 radical (unpaired) electrons. The maximum absolute atomic E-state index is 12.6. The van der Waals surface area contributed by atoms with Gasteiger partial charge >= 0.3 is 0 Å². The fraction of sp³-hybridized carbons (Fsp3) is 0.522. The minimum absolute atomic E-state index is 0.0743. The summed E-state index contributed by atoms with van der Waals surface area (Å²) >= 11 is 0. The molecule has 2 aromatic rings. The van der Waals surface area contributed by atoms with Crippen molar-refractivity contribution in [3.8, 4) is 5.75 Å². The van der Waals surface area contributed by atoms with E-state index >= 15 is 0 Å². The number of likely N-dealkylation sites (tertiary alicyclic amines) is 1. The Bertz CT molecular complexity index is 719. The molecule has 1 aliphatic heterocycles. The second-order valence-electron chi connectivity index (χ2n) is 7.93. The monoisotopic (exact) mass is 384 g/mol. The third-order valence-corrected chi connectivity index (χ3v) is 5.80. The average molecular weight is 385 g/mol. The fourth-order valence-corrected chi connectivity index (χ4v) is 3.84. The number of nitrogens with one attached hydrogen (secondary N) is 1. The van der Waals surface area contributed by atoms with Gasteiger partial charge < -0.3 is 14.5 Å². The number of hydrogen-bond donors (Lipinski definition) is 1. The van der Waals surface area contributed by atoms with Gasteiger partial charge in [0, 0.05) is 13.0 Å². The largest absolute Gasteiger partial charge is 0.497 e. The van der Waals surface area contributed by atoms with Gasteiger partial charge in [-0.05, 0) is 67.6 Å². The topological polar surface area (TPSA) is 54.7 Å². The summed E-state index contributed by atoms with van der Waals surface area (Å²) in [7, 11) is 1.66. The molecule has 1 saturated heterocycles. The predicted molar refractivity (Wildman–Crippen MR) is 110 cm³/mol. The molecular formula is C23H32N2O3. The highest BCUT2D eigenvalue weighted by atomic mass is 16.5. The van der Waals surface area contributed by atoms with Crippen molar-refractivity contribution in [3.63, 3.8) is 0 Å². The van der Waals surface area contributed by atoms with E-state index in [1.165, 1.54) is 12.8 Å². The molecule has 1 aliphatic rings. The standard InChI is InChI=1S/C23H32N2O3/c1-17-10-12-25(13-11-17)21(22-5-4-14-28-22)16-24-23(26)15-18(2)19-6-8-20(27-3)9-7-19/h4-9,14,17-18,21H,10-13,15-16H2,1-3H3,(H,24,26). The van der Waals surface area contributed by atoms with Gasteiger partial charge in [-0.3, -0.25) is 9.69 Å². The van der Waals surface area contributed by atoms with Crippen molar-refractivity contribution < 1.29 is 13.9 Å². The van der Waals surface area contributed by atoms with Crippen LogP contribution >= 0.6 is 0 Å². The quantitative estimate of drug-likeness (QED) is 0.734. The maximum atomic E-state index is 12.6. The summed E-state index contributed by atoms with van der Waals surface area (Å²) in [5.74, 6) is 2.76. The molecule has 1 fully saturated rings. The molecule has 2 unspecified atom stereocenters. The van der Waals surface area contributed by atoms with E-state index in [2.05, 4.69) is 24.1 Å². The molecule has 1 aromatic heterocycles. The van der Waals surface area contributed by atoms with E-state index in [-0.39, 0.29) is 17.9 Å². The second-order valence-corrected chi connectivity index (χ2v) is 7.93. The molecule has 1 aromatic carbocycles. The molecule has 0 bridgehead atoms. The van der Waals surface area contributed by atoms with Crippen LogP contribution in [0, 0.1) is 5.92 Å². The Morgan fingerprint density at radius 1 is 1.25 bits per heavy atom. The number of hydrogen-bond acceptors (Lipinski definition) is 4. The lowest BCUT2D eigenvalue weighted by Gasteiger charge is -2.35. The van der Waals surface area contributed by atoms with Gasteiger partial charge in [-0.25, -0.2) is 0 Å². The van der Waals surface area contributed by atoms with E-state index in [1.807, 2.05) is 36.4 Å². The summed E-state index contributed by atoms with van der Waals surface area (Å²) in [5, 5.41) is 3.14. The third kappa shape index (κ3) is 5.38. The van der Waals surface area contributed by atoms with Crippen LogP contribution in [0.1, 0.15) is 56.4 Å². The van der Waals surface area contributed by atoms with Gasteiger partial charge in [-0.1, -0.05) is 26.0 Å². The van der Waals surface area contributed by atoms with Gasteiger partial charge in [-0.15, -0.1) is 0 Å². The van der Waals surface area contributed by atoms with Crippen molar-refractivity contribution >= 4 is 5.91 Å². The van der Waals surface area contributed by atoms with Crippen LogP contribution in [-0.4, -0.2) is 37.6 Å². The van der Waals surface area contributed by atoms with E-state index in [9.17, 15) is 4.79 Å². The molecule has 2 heterocycles. The van der Waals surface area contributed by atoms with E-state index in [0.29, 0.717) is 13.0 Å². The Morgan fingerprint density at radius 2 is 1.96 bits per heavy atom. The van der Waals surface area contributed by atoms with Gasteiger partial charge in [-0.2, -0.15) is 0 Å². The Morgan fingerprint density at radius 3 is 2.57 bits per heavy atom. The van der Waals surface area contributed by atoms with Gasteiger partial charge in [0.15, 0.2) is 0 Å². The number of nitrogens with zero attached hydrogens (tertiary/aromatic N) is 1. The van der Waals surface area contributed by atoms with Crippen molar-refractivity contribution in [1.82, 2.24) is 10.2 Å². The SMILES string of the molecule is COc1ccc(C(C)CC(=O)NCC(c2ccco2)N2CCC(C)CC2)cc1. The van der Waals surface area contributed by atoms with Crippen molar-refractivity contribution in [2.45, 2.75) is 45.1 Å². The maximum Gasteiger partial charge on any atom is 0.220 e.